The summed E-state index contributed by atoms with van der Waals surface area (Å²) < 4.78 is 10.9. The molecule has 0 radical (unpaired) electrons. The molecule has 0 unspecified atom stereocenters. The SMILES string of the molecule is CCC[C@H](C)Oc1nc(N)c([N+](=O)[O-])c(N(CC(=O)OCC)Cc2ccc(CN3CCCC3)cc2)n1. The lowest BCUT2D eigenvalue weighted by atomic mass is 10.1. The predicted molar refractivity (Wildman–Crippen MR) is 137 cm³/mol. The van der Waals surface area contributed by atoms with Crippen LogP contribution in [0.1, 0.15) is 57.6 Å². The summed E-state index contributed by atoms with van der Waals surface area (Å²) in [7, 11) is 0. The van der Waals surface area contributed by atoms with E-state index >= 15 is 0 Å². The van der Waals surface area contributed by atoms with Crippen molar-refractivity contribution < 1.29 is 19.2 Å². The van der Waals surface area contributed by atoms with E-state index in [0.717, 1.165) is 38.0 Å². The van der Waals surface area contributed by atoms with Crippen LogP contribution in [0.15, 0.2) is 24.3 Å². The number of benzene rings is 1. The number of carbonyl (C=O) groups excluding carboxylic acids is 1. The van der Waals surface area contributed by atoms with E-state index in [4.69, 9.17) is 15.2 Å². The van der Waals surface area contributed by atoms with E-state index in [9.17, 15) is 14.9 Å². The second kappa shape index (κ2) is 13.0. The van der Waals surface area contributed by atoms with E-state index in [1.54, 1.807) is 6.92 Å². The number of nitro groups is 1. The highest BCUT2D eigenvalue weighted by atomic mass is 16.6. The van der Waals surface area contributed by atoms with Crippen LogP contribution in [0.3, 0.4) is 0 Å². The van der Waals surface area contributed by atoms with Crippen LogP contribution in [-0.4, -0.2) is 58.1 Å². The molecule has 196 valence electrons. The lowest BCUT2D eigenvalue weighted by molar-refractivity contribution is -0.383. The van der Waals surface area contributed by atoms with Crippen LogP contribution in [-0.2, 0) is 22.6 Å². The molecule has 2 N–H and O–H groups in total. The maximum Gasteiger partial charge on any atom is 0.353 e. The van der Waals surface area contributed by atoms with Gasteiger partial charge in [0, 0.05) is 13.1 Å². The van der Waals surface area contributed by atoms with E-state index < -0.39 is 16.6 Å². The summed E-state index contributed by atoms with van der Waals surface area (Å²) >= 11 is 0. The van der Waals surface area contributed by atoms with Crippen molar-refractivity contribution >= 4 is 23.3 Å². The molecule has 1 fully saturated rings. The van der Waals surface area contributed by atoms with Gasteiger partial charge in [0.15, 0.2) is 0 Å². The highest BCUT2D eigenvalue weighted by Crippen LogP contribution is 2.34. The average molecular weight is 501 g/mol. The number of hydrogen-bond acceptors (Lipinski definition) is 10. The first kappa shape index (κ1) is 27.1. The second-order valence-corrected chi connectivity index (χ2v) is 9.00. The van der Waals surface area contributed by atoms with Gasteiger partial charge >= 0.3 is 17.7 Å². The molecule has 2 aromatic rings. The molecule has 0 bridgehead atoms. The zero-order valence-corrected chi connectivity index (χ0v) is 21.3. The topological polar surface area (TPSA) is 137 Å². The van der Waals surface area contributed by atoms with Gasteiger partial charge in [-0.05, 0) is 57.3 Å². The van der Waals surface area contributed by atoms with E-state index in [0.29, 0.717) is 0 Å². The molecule has 2 heterocycles. The number of rotatable bonds is 13. The van der Waals surface area contributed by atoms with Crippen LogP contribution in [0.5, 0.6) is 6.01 Å². The minimum Gasteiger partial charge on any atom is -0.465 e. The van der Waals surface area contributed by atoms with Crippen molar-refractivity contribution in [3.63, 3.8) is 0 Å². The van der Waals surface area contributed by atoms with Gasteiger partial charge in [-0.15, -0.1) is 0 Å². The van der Waals surface area contributed by atoms with Gasteiger partial charge in [0.2, 0.25) is 11.6 Å². The number of carbonyl (C=O) groups is 1. The number of nitrogens with two attached hydrogens (primary N) is 1. The molecule has 0 spiro atoms. The quantitative estimate of drug-likeness (QED) is 0.246. The molecule has 0 amide bonds. The molecule has 0 aliphatic carbocycles. The van der Waals surface area contributed by atoms with Gasteiger partial charge in [0.05, 0.1) is 17.6 Å². The molecular formula is C25H36N6O5. The number of ether oxygens (including phenoxy) is 2. The third kappa shape index (κ3) is 7.51. The molecule has 36 heavy (non-hydrogen) atoms. The Morgan fingerprint density at radius 1 is 1.19 bits per heavy atom. The summed E-state index contributed by atoms with van der Waals surface area (Å²) in [6.45, 7) is 8.82. The van der Waals surface area contributed by atoms with Gasteiger partial charge < -0.3 is 20.1 Å². The fraction of sp³-hybridized carbons (Fsp3) is 0.560. The van der Waals surface area contributed by atoms with Gasteiger partial charge in [-0.25, -0.2) is 0 Å². The number of anilines is 2. The molecule has 3 rings (SSSR count). The van der Waals surface area contributed by atoms with Gasteiger partial charge in [-0.2, -0.15) is 9.97 Å². The fourth-order valence-electron chi connectivity index (χ4n) is 4.27. The molecule has 0 saturated carbocycles. The van der Waals surface area contributed by atoms with Crippen LogP contribution < -0.4 is 15.4 Å². The van der Waals surface area contributed by atoms with E-state index in [2.05, 4.69) is 14.9 Å². The molecular weight excluding hydrogens is 464 g/mol. The first-order valence-corrected chi connectivity index (χ1v) is 12.5. The molecule has 1 atom stereocenters. The summed E-state index contributed by atoms with van der Waals surface area (Å²) in [5, 5.41) is 11.9. The summed E-state index contributed by atoms with van der Waals surface area (Å²) in [6.07, 6.45) is 3.89. The van der Waals surface area contributed by atoms with Crippen LogP contribution >= 0.6 is 0 Å². The van der Waals surface area contributed by atoms with E-state index in [-0.39, 0.29) is 43.4 Å². The van der Waals surface area contributed by atoms with Crippen molar-refractivity contribution in [1.29, 1.82) is 0 Å². The van der Waals surface area contributed by atoms with E-state index in [1.807, 2.05) is 38.1 Å². The maximum absolute atomic E-state index is 12.4. The Balaban J connectivity index is 1.91. The Morgan fingerprint density at radius 3 is 2.47 bits per heavy atom. The lowest BCUT2D eigenvalue weighted by Gasteiger charge is -2.24. The van der Waals surface area contributed by atoms with Crippen molar-refractivity contribution in [3.05, 3.63) is 45.5 Å². The Bertz CT molecular complexity index is 1030. The highest BCUT2D eigenvalue weighted by Gasteiger charge is 2.30. The van der Waals surface area contributed by atoms with Crippen LogP contribution in [0.2, 0.25) is 0 Å². The first-order chi connectivity index (χ1) is 17.3. The van der Waals surface area contributed by atoms with E-state index in [1.165, 1.54) is 23.3 Å². The standard InChI is InChI=1S/C25H36N6O5/c1-4-8-18(3)36-25-27-23(26)22(31(33)34)24(28-25)30(17-21(32)35-5-2)16-20-11-9-19(10-12-20)15-29-13-6-7-14-29/h9-12,18H,4-8,13-17H2,1-3H3,(H2,26,27,28)/t18-/m0/s1. The number of hydrogen-bond donors (Lipinski definition) is 1. The molecule has 1 saturated heterocycles. The zero-order chi connectivity index (χ0) is 26.1. The Kier molecular flexibility index (Phi) is 9.80. The predicted octanol–water partition coefficient (Wildman–Crippen LogP) is 3.70. The molecule has 11 heteroatoms. The fourth-order valence-corrected chi connectivity index (χ4v) is 4.27. The minimum absolute atomic E-state index is 0.0659. The van der Waals surface area contributed by atoms with Crippen molar-refractivity contribution in [1.82, 2.24) is 14.9 Å². The largest absolute Gasteiger partial charge is 0.465 e. The Morgan fingerprint density at radius 2 is 1.86 bits per heavy atom. The summed E-state index contributed by atoms with van der Waals surface area (Å²) in [4.78, 5) is 35.9. The molecule has 11 nitrogen and oxygen atoms in total. The van der Waals surface area contributed by atoms with Gasteiger partial charge in [0.1, 0.15) is 6.54 Å². The minimum atomic E-state index is -0.638. The maximum atomic E-state index is 12.4. The van der Waals surface area contributed by atoms with Crippen LogP contribution in [0.25, 0.3) is 0 Å². The number of esters is 1. The van der Waals surface area contributed by atoms with Gasteiger partial charge in [-0.1, -0.05) is 37.6 Å². The smallest absolute Gasteiger partial charge is 0.353 e. The summed E-state index contributed by atoms with van der Waals surface area (Å²) in [5.74, 6) is -0.935. The van der Waals surface area contributed by atoms with Crippen molar-refractivity contribution in [2.75, 3.05) is 36.9 Å². The molecule has 1 aliphatic heterocycles. The normalized spacial score (nSPS) is 14.4. The Hall–Kier alpha value is -3.47. The van der Waals surface area contributed by atoms with Gasteiger partial charge in [0.25, 0.3) is 0 Å². The third-order valence-corrected chi connectivity index (χ3v) is 5.98. The highest BCUT2D eigenvalue weighted by molar-refractivity contribution is 5.78. The van der Waals surface area contributed by atoms with Crippen molar-refractivity contribution in [2.45, 2.75) is 65.6 Å². The first-order valence-electron chi connectivity index (χ1n) is 12.5. The van der Waals surface area contributed by atoms with Crippen molar-refractivity contribution in [3.8, 4) is 6.01 Å². The summed E-state index contributed by atoms with van der Waals surface area (Å²) in [6, 6.07) is 7.94. The number of nitrogens with zero attached hydrogens (tertiary/aromatic N) is 5. The van der Waals surface area contributed by atoms with Crippen molar-refractivity contribution in [2.24, 2.45) is 0 Å². The average Bonchev–Trinajstić information content (AvgIpc) is 3.32. The third-order valence-electron chi connectivity index (χ3n) is 5.98. The Labute approximate surface area is 211 Å². The lowest BCUT2D eigenvalue weighted by Crippen LogP contribution is -2.32. The van der Waals surface area contributed by atoms with Crippen LogP contribution in [0, 0.1) is 10.1 Å². The van der Waals surface area contributed by atoms with Crippen LogP contribution in [0.4, 0.5) is 17.3 Å². The second-order valence-electron chi connectivity index (χ2n) is 9.00. The molecule has 1 aromatic carbocycles. The number of likely N-dealkylation sites (tertiary alicyclic amines) is 1. The number of nitrogen functional groups attached to an aromatic ring is 1. The summed E-state index contributed by atoms with van der Waals surface area (Å²) in [5.41, 5.74) is 7.55. The molecule has 1 aliphatic rings. The molecule has 1 aromatic heterocycles. The monoisotopic (exact) mass is 500 g/mol. The zero-order valence-electron chi connectivity index (χ0n) is 21.3. The van der Waals surface area contributed by atoms with Gasteiger partial charge in [-0.3, -0.25) is 19.8 Å². The number of aromatic nitrogens is 2.